The number of aliphatic carboxylic acids is 1. The van der Waals surface area contributed by atoms with Crippen molar-refractivity contribution in [2.24, 2.45) is 17.1 Å². The van der Waals surface area contributed by atoms with E-state index in [2.05, 4.69) is 32.5 Å². The van der Waals surface area contributed by atoms with Gasteiger partial charge in [0.05, 0.1) is 0 Å². The molecule has 0 aliphatic carbocycles. The number of carbonyl (C=O) groups is 1. The lowest BCUT2D eigenvalue weighted by Gasteiger charge is -2.32. The molecule has 6 N–H and O–H groups in total. The summed E-state index contributed by atoms with van der Waals surface area (Å²) in [5.41, 5.74) is -0.752. The first kappa shape index (κ1) is 20.6. The molecule has 1 aromatic carbocycles. The second kappa shape index (κ2) is 7.22. The number of carboxylic acid groups (broad SMARTS) is 1. The summed E-state index contributed by atoms with van der Waals surface area (Å²) in [6, 6.07) is 7.27. The second-order valence-corrected chi connectivity index (χ2v) is 7.73. The second-order valence-electron chi connectivity index (χ2n) is 7.73. The van der Waals surface area contributed by atoms with Crippen LogP contribution in [0.1, 0.15) is 59.1 Å². The van der Waals surface area contributed by atoms with Gasteiger partial charge in [0.15, 0.2) is 5.60 Å². The summed E-state index contributed by atoms with van der Waals surface area (Å²) in [5.74, 6) is 6.80. The van der Waals surface area contributed by atoms with E-state index in [4.69, 9.17) is 0 Å². The van der Waals surface area contributed by atoms with Crippen LogP contribution in [0.2, 0.25) is 0 Å². The highest BCUT2D eigenvalue weighted by molar-refractivity contribution is 5.79. The van der Waals surface area contributed by atoms with Gasteiger partial charge in [-0.3, -0.25) is 11.7 Å². The van der Waals surface area contributed by atoms with Gasteiger partial charge in [0.2, 0.25) is 0 Å². The van der Waals surface area contributed by atoms with Crippen molar-refractivity contribution in [3.05, 3.63) is 35.4 Å². The van der Waals surface area contributed by atoms with E-state index in [9.17, 15) is 15.0 Å². The van der Waals surface area contributed by atoms with Crippen LogP contribution in [0.4, 0.5) is 0 Å². The minimum atomic E-state index is -1.85. The van der Waals surface area contributed by atoms with Gasteiger partial charge in [0.1, 0.15) is 0 Å². The predicted molar refractivity (Wildman–Crippen MR) is 89.1 cm³/mol. The first-order valence-electron chi connectivity index (χ1n) is 7.26. The number of aliphatic hydroxyl groups is 1. The lowest BCUT2D eigenvalue weighted by molar-refractivity contribution is -0.163. The summed E-state index contributed by atoms with van der Waals surface area (Å²) >= 11 is 0. The Morgan fingerprint density at radius 2 is 1.50 bits per heavy atom. The number of carboxylic acids is 1. The van der Waals surface area contributed by atoms with Crippen LogP contribution in [0.25, 0.3) is 0 Å². The summed E-state index contributed by atoms with van der Waals surface area (Å²) in [6.07, 6.45) is 0.170. The zero-order chi connectivity index (χ0) is 17.8. The fraction of sp³-hybridized carbons (Fsp3) is 0.588. The molecule has 1 aromatic rings. The Balaban J connectivity index is 0.00000211. The molecule has 0 aliphatic heterocycles. The highest BCUT2D eigenvalue weighted by Crippen LogP contribution is 2.36. The standard InChI is InChI=1S/C17H26O3.H4N2/c1-15(2,3)11-17(20,14(18)19)13-9-7-8-12(10-13)16(4,5)6;1-2/h7-10,20H,11H2,1-6H3,(H,18,19);1-2H2. The number of hydrazine groups is 1. The van der Waals surface area contributed by atoms with Gasteiger partial charge in [0, 0.05) is 0 Å². The van der Waals surface area contributed by atoms with Gasteiger partial charge in [-0.05, 0) is 28.4 Å². The van der Waals surface area contributed by atoms with Crippen LogP contribution in [0, 0.1) is 5.41 Å². The van der Waals surface area contributed by atoms with Crippen molar-refractivity contribution >= 4 is 5.97 Å². The lowest BCUT2D eigenvalue weighted by atomic mass is 9.76. The van der Waals surface area contributed by atoms with Gasteiger partial charge >= 0.3 is 5.97 Å². The Hall–Kier alpha value is -1.43. The Bertz CT molecular complexity index is 501. The van der Waals surface area contributed by atoms with Crippen molar-refractivity contribution in [2.75, 3.05) is 0 Å². The van der Waals surface area contributed by atoms with Crippen molar-refractivity contribution in [3.8, 4) is 0 Å². The van der Waals surface area contributed by atoms with Crippen LogP contribution in [0.5, 0.6) is 0 Å². The number of hydrogen-bond donors (Lipinski definition) is 4. The maximum Gasteiger partial charge on any atom is 0.340 e. The summed E-state index contributed by atoms with van der Waals surface area (Å²) in [5, 5.41) is 20.2. The van der Waals surface area contributed by atoms with Gasteiger partial charge < -0.3 is 10.2 Å². The van der Waals surface area contributed by atoms with E-state index in [1.165, 1.54) is 0 Å². The zero-order valence-electron chi connectivity index (χ0n) is 14.5. The topological polar surface area (TPSA) is 110 Å². The number of hydrogen-bond acceptors (Lipinski definition) is 4. The highest BCUT2D eigenvalue weighted by Gasteiger charge is 2.41. The summed E-state index contributed by atoms with van der Waals surface area (Å²) in [4.78, 5) is 11.6. The fourth-order valence-corrected chi connectivity index (χ4v) is 2.31. The maximum atomic E-state index is 11.6. The normalized spacial score (nSPS) is 14.6. The van der Waals surface area contributed by atoms with E-state index in [0.29, 0.717) is 5.56 Å². The van der Waals surface area contributed by atoms with Gasteiger partial charge in [-0.2, -0.15) is 0 Å². The van der Waals surface area contributed by atoms with Gasteiger partial charge in [-0.1, -0.05) is 65.8 Å². The molecule has 0 fully saturated rings. The molecule has 1 rings (SSSR count). The first-order valence-corrected chi connectivity index (χ1v) is 7.26. The third-order valence-corrected chi connectivity index (χ3v) is 3.35. The molecule has 0 heterocycles. The minimum absolute atomic E-state index is 0.0862. The molecule has 5 heteroatoms. The Labute approximate surface area is 133 Å². The quantitative estimate of drug-likeness (QED) is 0.506. The summed E-state index contributed by atoms with van der Waals surface area (Å²) in [6.45, 7) is 12.0. The lowest BCUT2D eigenvalue weighted by Crippen LogP contribution is -2.39. The van der Waals surface area contributed by atoms with Crippen LogP contribution < -0.4 is 11.7 Å². The molecule has 0 aliphatic rings. The molecule has 0 bridgehead atoms. The zero-order valence-corrected chi connectivity index (χ0v) is 14.5. The van der Waals surface area contributed by atoms with Crippen molar-refractivity contribution in [1.82, 2.24) is 0 Å². The first-order chi connectivity index (χ1) is 9.86. The van der Waals surface area contributed by atoms with Crippen molar-refractivity contribution in [3.63, 3.8) is 0 Å². The smallest absolute Gasteiger partial charge is 0.340 e. The Kier molecular flexibility index (Phi) is 6.75. The highest BCUT2D eigenvalue weighted by atomic mass is 16.4. The largest absolute Gasteiger partial charge is 0.479 e. The third-order valence-electron chi connectivity index (χ3n) is 3.35. The van der Waals surface area contributed by atoms with E-state index >= 15 is 0 Å². The van der Waals surface area contributed by atoms with Crippen molar-refractivity contribution < 1.29 is 15.0 Å². The van der Waals surface area contributed by atoms with E-state index < -0.39 is 11.6 Å². The van der Waals surface area contributed by atoms with Crippen molar-refractivity contribution in [1.29, 1.82) is 0 Å². The van der Waals surface area contributed by atoms with E-state index in [0.717, 1.165) is 5.56 Å². The minimum Gasteiger partial charge on any atom is -0.479 e. The number of benzene rings is 1. The van der Waals surface area contributed by atoms with Gasteiger partial charge in [-0.15, -0.1) is 0 Å². The Morgan fingerprint density at radius 3 is 1.86 bits per heavy atom. The molecule has 22 heavy (non-hydrogen) atoms. The van der Waals surface area contributed by atoms with Crippen LogP contribution in [-0.2, 0) is 15.8 Å². The SMILES string of the molecule is CC(C)(C)CC(O)(C(=O)O)c1cccc(C(C)(C)C)c1.NN. The molecule has 126 valence electrons. The van der Waals surface area contributed by atoms with Crippen LogP contribution in [0.3, 0.4) is 0 Å². The van der Waals surface area contributed by atoms with Crippen molar-refractivity contribution in [2.45, 2.75) is 59.0 Å². The number of rotatable bonds is 3. The van der Waals surface area contributed by atoms with Crippen LogP contribution in [-0.4, -0.2) is 16.2 Å². The van der Waals surface area contributed by atoms with Crippen LogP contribution >= 0.6 is 0 Å². The van der Waals surface area contributed by atoms with E-state index in [1.807, 2.05) is 32.9 Å². The average molecular weight is 310 g/mol. The molecule has 0 aromatic heterocycles. The molecule has 1 unspecified atom stereocenters. The molecule has 5 nitrogen and oxygen atoms in total. The molecule has 1 atom stereocenters. The molecule has 0 radical (unpaired) electrons. The van der Waals surface area contributed by atoms with Crippen LogP contribution in [0.15, 0.2) is 24.3 Å². The maximum absolute atomic E-state index is 11.6. The van der Waals surface area contributed by atoms with E-state index in [-0.39, 0.29) is 17.3 Å². The molecule has 0 saturated carbocycles. The van der Waals surface area contributed by atoms with Gasteiger partial charge in [0.25, 0.3) is 0 Å². The molecular weight excluding hydrogens is 280 g/mol. The molecular formula is C17H30N2O3. The fourth-order valence-electron chi connectivity index (χ4n) is 2.31. The Morgan fingerprint density at radius 1 is 1.05 bits per heavy atom. The summed E-state index contributed by atoms with van der Waals surface area (Å²) < 4.78 is 0. The molecule has 0 spiro atoms. The predicted octanol–water partition coefficient (Wildman–Crippen LogP) is 2.51. The van der Waals surface area contributed by atoms with Gasteiger partial charge in [-0.25, -0.2) is 4.79 Å². The molecule has 0 amide bonds. The average Bonchev–Trinajstić information content (AvgIpc) is 2.38. The van der Waals surface area contributed by atoms with E-state index in [1.54, 1.807) is 12.1 Å². The monoisotopic (exact) mass is 310 g/mol. The third kappa shape index (κ3) is 5.40. The summed E-state index contributed by atoms with van der Waals surface area (Å²) in [7, 11) is 0. The molecule has 0 saturated heterocycles. The number of nitrogens with two attached hydrogens (primary N) is 2.